The van der Waals surface area contributed by atoms with Crippen LogP contribution < -0.4 is 5.32 Å². The molecule has 1 aliphatic rings. The first-order chi connectivity index (χ1) is 8.07. The molecule has 3 nitrogen and oxygen atoms in total. The van der Waals surface area contributed by atoms with Gasteiger partial charge in [0.05, 0.1) is 6.07 Å². The van der Waals surface area contributed by atoms with Gasteiger partial charge in [0.25, 0.3) is 0 Å². The minimum atomic E-state index is -0.779. The highest BCUT2D eigenvalue weighted by Gasteiger charge is 2.44. The maximum atomic E-state index is 12.0. The SMILES string of the molecule is Cc1ccc(NC(=O)C2(C#N)CCC2)cc1C. The molecule has 0 spiro atoms. The second-order valence-corrected chi connectivity index (χ2v) is 4.80. The molecule has 1 aliphatic carbocycles. The number of hydrogen-bond acceptors (Lipinski definition) is 2. The van der Waals surface area contributed by atoms with Gasteiger partial charge < -0.3 is 5.32 Å². The number of aryl methyl sites for hydroxylation is 2. The molecule has 17 heavy (non-hydrogen) atoms. The largest absolute Gasteiger partial charge is 0.325 e. The molecule has 1 aromatic rings. The van der Waals surface area contributed by atoms with Crippen LogP contribution in [0.2, 0.25) is 0 Å². The summed E-state index contributed by atoms with van der Waals surface area (Å²) in [6.45, 7) is 4.04. The van der Waals surface area contributed by atoms with Crippen molar-refractivity contribution in [1.82, 2.24) is 0 Å². The fraction of sp³-hybridized carbons (Fsp3) is 0.429. The van der Waals surface area contributed by atoms with Crippen LogP contribution in [0.15, 0.2) is 18.2 Å². The molecule has 3 heteroatoms. The van der Waals surface area contributed by atoms with Crippen LogP contribution in [0.3, 0.4) is 0 Å². The number of nitrogens with zero attached hydrogens (tertiary/aromatic N) is 1. The van der Waals surface area contributed by atoms with Crippen LogP contribution in [0.4, 0.5) is 5.69 Å². The van der Waals surface area contributed by atoms with Gasteiger partial charge in [-0.3, -0.25) is 4.79 Å². The van der Waals surface area contributed by atoms with Crippen molar-refractivity contribution in [2.45, 2.75) is 33.1 Å². The van der Waals surface area contributed by atoms with Crippen molar-refractivity contribution in [3.8, 4) is 6.07 Å². The first kappa shape index (κ1) is 11.7. The Bertz CT molecular complexity index is 495. The van der Waals surface area contributed by atoms with E-state index in [2.05, 4.69) is 11.4 Å². The lowest BCUT2D eigenvalue weighted by Gasteiger charge is -2.33. The van der Waals surface area contributed by atoms with Crippen molar-refractivity contribution in [2.24, 2.45) is 5.41 Å². The van der Waals surface area contributed by atoms with Gasteiger partial charge in [0.1, 0.15) is 5.41 Å². The summed E-state index contributed by atoms with van der Waals surface area (Å²) in [6, 6.07) is 7.95. The summed E-state index contributed by atoms with van der Waals surface area (Å²) in [4.78, 5) is 12.0. The Morgan fingerprint density at radius 2 is 2.06 bits per heavy atom. The molecular formula is C14H16N2O. The Hall–Kier alpha value is -1.82. The zero-order valence-electron chi connectivity index (χ0n) is 10.2. The van der Waals surface area contributed by atoms with Crippen molar-refractivity contribution in [2.75, 3.05) is 5.32 Å². The summed E-state index contributed by atoms with van der Waals surface area (Å²) in [5, 5.41) is 11.9. The number of carbonyl (C=O) groups excluding carboxylic acids is 1. The lowest BCUT2D eigenvalue weighted by Crippen LogP contribution is -2.40. The first-order valence-electron chi connectivity index (χ1n) is 5.87. The zero-order chi connectivity index (χ0) is 12.5. The van der Waals surface area contributed by atoms with E-state index in [1.54, 1.807) is 0 Å². The molecule has 1 fully saturated rings. The number of anilines is 1. The number of nitriles is 1. The van der Waals surface area contributed by atoms with E-state index >= 15 is 0 Å². The van der Waals surface area contributed by atoms with E-state index in [-0.39, 0.29) is 5.91 Å². The van der Waals surface area contributed by atoms with Gasteiger partial charge in [-0.1, -0.05) is 6.07 Å². The second-order valence-electron chi connectivity index (χ2n) is 4.80. The molecule has 0 aromatic heterocycles. The molecular weight excluding hydrogens is 212 g/mol. The summed E-state index contributed by atoms with van der Waals surface area (Å²) < 4.78 is 0. The van der Waals surface area contributed by atoms with E-state index in [1.807, 2.05) is 32.0 Å². The van der Waals surface area contributed by atoms with Crippen molar-refractivity contribution >= 4 is 11.6 Å². The standard InChI is InChI=1S/C14H16N2O/c1-10-4-5-12(8-11(10)2)16-13(17)14(9-15)6-3-7-14/h4-5,8H,3,6-7H2,1-2H3,(H,16,17). The number of carbonyl (C=O) groups is 1. The van der Waals surface area contributed by atoms with Crippen LogP contribution in [0.25, 0.3) is 0 Å². The fourth-order valence-corrected chi connectivity index (χ4v) is 1.99. The number of amides is 1. The molecule has 0 radical (unpaired) electrons. The molecule has 0 saturated heterocycles. The van der Waals surface area contributed by atoms with Gasteiger partial charge in [-0.05, 0) is 56.4 Å². The molecule has 2 rings (SSSR count). The number of benzene rings is 1. The average molecular weight is 228 g/mol. The summed E-state index contributed by atoms with van der Waals surface area (Å²) in [5.74, 6) is -0.158. The van der Waals surface area contributed by atoms with Gasteiger partial charge in [-0.25, -0.2) is 0 Å². The Kier molecular flexibility index (Phi) is 2.89. The number of nitrogens with one attached hydrogen (secondary N) is 1. The maximum absolute atomic E-state index is 12.0. The molecule has 0 unspecified atom stereocenters. The molecule has 0 bridgehead atoms. The third kappa shape index (κ3) is 2.03. The molecule has 0 heterocycles. The van der Waals surface area contributed by atoms with Crippen LogP contribution in [0.1, 0.15) is 30.4 Å². The third-order valence-electron chi connectivity index (χ3n) is 3.62. The smallest absolute Gasteiger partial charge is 0.244 e. The predicted molar refractivity (Wildman–Crippen MR) is 66.4 cm³/mol. The van der Waals surface area contributed by atoms with Crippen LogP contribution >= 0.6 is 0 Å². The van der Waals surface area contributed by atoms with Crippen molar-refractivity contribution in [3.63, 3.8) is 0 Å². The van der Waals surface area contributed by atoms with Gasteiger partial charge in [0, 0.05) is 5.69 Å². The normalized spacial score (nSPS) is 16.8. The highest BCUT2D eigenvalue weighted by atomic mass is 16.2. The molecule has 1 aromatic carbocycles. The molecule has 88 valence electrons. The first-order valence-corrected chi connectivity index (χ1v) is 5.87. The van der Waals surface area contributed by atoms with Gasteiger partial charge in [-0.2, -0.15) is 5.26 Å². The van der Waals surface area contributed by atoms with Crippen molar-refractivity contribution in [3.05, 3.63) is 29.3 Å². The Morgan fingerprint density at radius 1 is 1.35 bits per heavy atom. The number of rotatable bonds is 2. The highest BCUT2D eigenvalue weighted by molar-refractivity contribution is 5.97. The van der Waals surface area contributed by atoms with Gasteiger partial charge in [-0.15, -0.1) is 0 Å². The van der Waals surface area contributed by atoms with Crippen LogP contribution in [-0.4, -0.2) is 5.91 Å². The summed E-state index contributed by atoms with van der Waals surface area (Å²) in [6.07, 6.45) is 2.33. The highest BCUT2D eigenvalue weighted by Crippen LogP contribution is 2.41. The van der Waals surface area contributed by atoms with Crippen molar-refractivity contribution < 1.29 is 4.79 Å². The van der Waals surface area contributed by atoms with Crippen molar-refractivity contribution in [1.29, 1.82) is 5.26 Å². The van der Waals surface area contributed by atoms with E-state index in [1.165, 1.54) is 5.56 Å². The Morgan fingerprint density at radius 3 is 2.53 bits per heavy atom. The maximum Gasteiger partial charge on any atom is 0.244 e. The second kappa shape index (κ2) is 4.21. The molecule has 1 saturated carbocycles. The Balaban J connectivity index is 2.13. The minimum Gasteiger partial charge on any atom is -0.325 e. The van der Waals surface area contributed by atoms with E-state index in [9.17, 15) is 4.79 Å². The molecule has 1 amide bonds. The van der Waals surface area contributed by atoms with E-state index < -0.39 is 5.41 Å². The fourth-order valence-electron chi connectivity index (χ4n) is 1.99. The van der Waals surface area contributed by atoms with Crippen LogP contribution in [0.5, 0.6) is 0 Å². The van der Waals surface area contributed by atoms with Crippen LogP contribution in [0, 0.1) is 30.6 Å². The van der Waals surface area contributed by atoms with Gasteiger partial charge in [0.15, 0.2) is 0 Å². The lowest BCUT2D eigenvalue weighted by atomic mass is 9.69. The average Bonchev–Trinajstić information content (AvgIpc) is 2.23. The lowest BCUT2D eigenvalue weighted by molar-refractivity contribution is -0.126. The van der Waals surface area contributed by atoms with E-state index in [0.717, 1.165) is 17.7 Å². The summed E-state index contributed by atoms with van der Waals surface area (Å²) in [5.41, 5.74) is 2.34. The minimum absolute atomic E-state index is 0.158. The molecule has 0 aliphatic heterocycles. The molecule has 0 atom stereocenters. The topological polar surface area (TPSA) is 52.9 Å². The van der Waals surface area contributed by atoms with Gasteiger partial charge >= 0.3 is 0 Å². The third-order valence-corrected chi connectivity index (χ3v) is 3.62. The van der Waals surface area contributed by atoms with Crippen LogP contribution in [-0.2, 0) is 4.79 Å². The Labute approximate surface area is 101 Å². The zero-order valence-corrected chi connectivity index (χ0v) is 10.2. The summed E-state index contributed by atoms with van der Waals surface area (Å²) >= 11 is 0. The monoisotopic (exact) mass is 228 g/mol. The van der Waals surface area contributed by atoms with E-state index in [4.69, 9.17) is 5.26 Å². The van der Waals surface area contributed by atoms with Gasteiger partial charge in [0.2, 0.25) is 5.91 Å². The van der Waals surface area contributed by atoms with E-state index in [0.29, 0.717) is 12.8 Å². The quantitative estimate of drug-likeness (QED) is 0.846. The predicted octanol–water partition coefficient (Wildman–Crippen LogP) is 2.94. The summed E-state index contributed by atoms with van der Waals surface area (Å²) in [7, 11) is 0. The molecule has 1 N–H and O–H groups in total. The number of hydrogen-bond donors (Lipinski definition) is 1.